The Labute approximate surface area is 173 Å². The number of anilines is 2. The third-order valence-corrected chi connectivity index (χ3v) is 5.85. The number of sulfone groups is 1. The number of ketones is 1. The van der Waals surface area contributed by atoms with Crippen LogP contribution in [-0.2, 0) is 19.4 Å². The molecule has 2 amide bonds. The number of methoxy groups -OCH3 is 1. The van der Waals surface area contributed by atoms with Gasteiger partial charge in [-0.2, -0.15) is 0 Å². The highest BCUT2D eigenvalue weighted by atomic mass is 32.2. The lowest BCUT2D eigenvalue weighted by molar-refractivity contribution is -0.121. The number of ether oxygens (including phenoxy) is 2. The summed E-state index contributed by atoms with van der Waals surface area (Å²) in [6, 6.07) is 10.9. The normalized spacial score (nSPS) is 13.3. The van der Waals surface area contributed by atoms with E-state index in [1.165, 1.54) is 37.3 Å². The number of Topliss-reactive ketones (excluding diaryl/α,β-unsaturated/α-hetero) is 1. The Kier molecular flexibility index (Phi) is 6.06. The van der Waals surface area contributed by atoms with Crippen molar-refractivity contribution in [3.8, 4) is 11.5 Å². The quantitative estimate of drug-likeness (QED) is 0.655. The van der Waals surface area contributed by atoms with Gasteiger partial charge in [-0.1, -0.05) is 12.1 Å². The van der Waals surface area contributed by atoms with E-state index in [2.05, 4.69) is 5.32 Å². The molecule has 10 heteroatoms. The molecule has 9 nitrogen and oxygen atoms in total. The largest absolute Gasteiger partial charge is 0.495 e. The average molecular weight is 432 g/mol. The number of hydrogen-bond donors (Lipinski definition) is 1. The van der Waals surface area contributed by atoms with Crippen LogP contribution in [0.2, 0.25) is 0 Å². The maximum absolute atomic E-state index is 12.5. The molecule has 0 unspecified atom stereocenters. The standard InChI is InChI=1S/C20H20N2O7S/c1-22-15-9-13(7-8-18(15)29-10-20(22)25)16(23)11-30(26,27)12-19(24)21-14-5-3-4-6-17(14)28-2/h3-9H,10-12H2,1-2H3,(H,21,24). The van der Waals surface area contributed by atoms with Crippen LogP contribution < -0.4 is 19.7 Å². The number of likely N-dealkylation sites (N-methyl/N-ethyl adjacent to an activating group) is 1. The first kappa shape index (κ1) is 21.3. The summed E-state index contributed by atoms with van der Waals surface area (Å²) >= 11 is 0. The van der Waals surface area contributed by atoms with E-state index in [0.29, 0.717) is 22.9 Å². The van der Waals surface area contributed by atoms with Crippen LogP contribution in [0.1, 0.15) is 10.4 Å². The lowest BCUT2D eigenvalue weighted by Gasteiger charge is -2.26. The second-order valence-corrected chi connectivity index (χ2v) is 8.69. The monoisotopic (exact) mass is 432 g/mol. The highest BCUT2D eigenvalue weighted by Crippen LogP contribution is 2.32. The van der Waals surface area contributed by atoms with Gasteiger partial charge in [-0.3, -0.25) is 14.4 Å². The SMILES string of the molecule is COc1ccccc1NC(=O)CS(=O)(=O)CC(=O)c1ccc2c(c1)N(C)C(=O)CO2. The van der Waals surface area contributed by atoms with Gasteiger partial charge in [0, 0.05) is 12.6 Å². The van der Waals surface area contributed by atoms with Crippen molar-refractivity contribution in [2.45, 2.75) is 0 Å². The van der Waals surface area contributed by atoms with Crippen molar-refractivity contribution in [3.05, 3.63) is 48.0 Å². The van der Waals surface area contributed by atoms with Gasteiger partial charge in [-0.05, 0) is 30.3 Å². The Balaban J connectivity index is 1.69. The summed E-state index contributed by atoms with van der Waals surface area (Å²) < 4.78 is 35.1. The fraction of sp³-hybridized carbons (Fsp3) is 0.250. The maximum Gasteiger partial charge on any atom is 0.264 e. The van der Waals surface area contributed by atoms with Gasteiger partial charge in [0.1, 0.15) is 23.0 Å². The lowest BCUT2D eigenvalue weighted by atomic mass is 10.1. The molecule has 0 atom stereocenters. The molecule has 0 bridgehead atoms. The molecule has 2 aromatic rings. The summed E-state index contributed by atoms with van der Waals surface area (Å²) in [6.07, 6.45) is 0. The zero-order chi connectivity index (χ0) is 21.9. The number of nitrogens with zero attached hydrogens (tertiary/aromatic N) is 1. The average Bonchev–Trinajstić information content (AvgIpc) is 2.70. The molecule has 0 aromatic heterocycles. The predicted molar refractivity (Wildman–Crippen MR) is 110 cm³/mol. The number of amides is 2. The fourth-order valence-corrected chi connectivity index (χ4v) is 4.05. The first-order valence-electron chi connectivity index (χ1n) is 8.90. The minimum Gasteiger partial charge on any atom is -0.495 e. The zero-order valence-electron chi connectivity index (χ0n) is 16.4. The highest BCUT2D eigenvalue weighted by molar-refractivity contribution is 7.92. The number of carbonyl (C=O) groups excluding carboxylic acids is 3. The maximum atomic E-state index is 12.5. The van der Waals surface area contributed by atoms with Crippen molar-refractivity contribution >= 4 is 38.8 Å². The minimum absolute atomic E-state index is 0.104. The molecule has 1 aliphatic rings. The van der Waals surface area contributed by atoms with E-state index in [1.807, 2.05) is 0 Å². The number of rotatable bonds is 7. The van der Waals surface area contributed by atoms with Crippen molar-refractivity contribution < 1.29 is 32.3 Å². The van der Waals surface area contributed by atoms with Crippen LogP contribution in [0, 0.1) is 0 Å². The Morgan fingerprint density at radius 1 is 1.17 bits per heavy atom. The summed E-state index contributed by atoms with van der Waals surface area (Å²) in [5, 5.41) is 2.47. The molecule has 1 aliphatic heterocycles. The summed E-state index contributed by atoms with van der Waals surface area (Å²) in [4.78, 5) is 37.8. The van der Waals surface area contributed by atoms with Crippen LogP contribution >= 0.6 is 0 Å². The Hall–Kier alpha value is -3.40. The number of fused-ring (bicyclic) bond motifs is 1. The topological polar surface area (TPSA) is 119 Å². The van der Waals surface area contributed by atoms with Gasteiger partial charge in [-0.25, -0.2) is 8.42 Å². The molecule has 1 N–H and O–H groups in total. The lowest BCUT2D eigenvalue weighted by Crippen LogP contribution is -2.35. The van der Waals surface area contributed by atoms with Crippen molar-refractivity contribution in [1.82, 2.24) is 0 Å². The summed E-state index contributed by atoms with van der Waals surface area (Å²) in [7, 11) is -1.06. The van der Waals surface area contributed by atoms with E-state index in [1.54, 1.807) is 24.3 Å². The molecule has 2 aromatic carbocycles. The van der Waals surface area contributed by atoms with Crippen LogP contribution in [-0.4, -0.2) is 58.3 Å². The Morgan fingerprint density at radius 2 is 1.90 bits per heavy atom. The van der Waals surface area contributed by atoms with E-state index >= 15 is 0 Å². The van der Waals surface area contributed by atoms with Crippen molar-refractivity contribution in [1.29, 1.82) is 0 Å². The third kappa shape index (κ3) is 4.77. The molecule has 30 heavy (non-hydrogen) atoms. The molecule has 0 spiro atoms. The highest BCUT2D eigenvalue weighted by Gasteiger charge is 2.26. The first-order chi connectivity index (χ1) is 14.2. The van der Waals surface area contributed by atoms with E-state index < -0.39 is 33.0 Å². The number of benzene rings is 2. The molecule has 158 valence electrons. The smallest absolute Gasteiger partial charge is 0.264 e. The molecule has 1 heterocycles. The Bertz CT molecular complexity index is 1110. The van der Waals surface area contributed by atoms with Gasteiger partial charge in [0.05, 0.1) is 18.5 Å². The van der Waals surface area contributed by atoms with Crippen LogP contribution in [0.3, 0.4) is 0 Å². The van der Waals surface area contributed by atoms with Crippen LogP contribution in [0.25, 0.3) is 0 Å². The van der Waals surface area contributed by atoms with E-state index in [-0.39, 0.29) is 18.1 Å². The third-order valence-electron chi connectivity index (χ3n) is 4.45. The second kappa shape index (κ2) is 8.54. The zero-order valence-corrected chi connectivity index (χ0v) is 17.2. The van der Waals surface area contributed by atoms with Crippen LogP contribution in [0.15, 0.2) is 42.5 Å². The Morgan fingerprint density at radius 3 is 2.63 bits per heavy atom. The van der Waals surface area contributed by atoms with Crippen LogP contribution in [0.4, 0.5) is 11.4 Å². The molecular formula is C20H20N2O7S. The predicted octanol–water partition coefficient (Wildman–Crippen LogP) is 1.29. The molecule has 0 aliphatic carbocycles. The first-order valence-corrected chi connectivity index (χ1v) is 10.7. The number of carbonyl (C=O) groups is 3. The summed E-state index contributed by atoms with van der Waals surface area (Å²) in [5.74, 6) is -2.65. The molecule has 0 saturated carbocycles. The molecular weight excluding hydrogens is 412 g/mol. The minimum atomic E-state index is -4.03. The fourth-order valence-electron chi connectivity index (χ4n) is 2.91. The number of hydrogen-bond acceptors (Lipinski definition) is 7. The van der Waals surface area contributed by atoms with Gasteiger partial charge in [0.15, 0.2) is 22.2 Å². The van der Waals surface area contributed by atoms with Crippen LogP contribution in [0.5, 0.6) is 11.5 Å². The van der Waals surface area contributed by atoms with Gasteiger partial charge < -0.3 is 19.7 Å². The van der Waals surface area contributed by atoms with Crippen molar-refractivity contribution in [2.24, 2.45) is 0 Å². The van der Waals surface area contributed by atoms with Gasteiger partial charge in [-0.15, -0.1) is 0 Å². The summed E-state index contributed by atoms with van der Waals surface area (Å²) in [6.45, 7) is -0.105. The van der Waals surface area contributed by atoms with Gasteiger partial charge in [0.25, 0.3) is 5.91 Å². The molecule has 0 fully saturated rings. The van der Waals surface area contributed by atoms with E-state index in [4.69, 9.17) is 9.47 Å². The second-order valence-electron chi connectivity index (χ2n) is 6.63. The number of nitrogens with one attached hydrogen (secondary N) is 1. The van der Waals surface area contributed by atoms with Gasteiger partial charge >= 0.3 is 0 Å². The molecule has 0 radical (unpaired) electrons. The number of para-hydroxylation sites is 2. The van der Waals surface area contributed by atoms with Crippen molar-refractivity contribution in [2.75, 3.05) is 42.5 Å². The molecule has 0 saturated heterocycles. The van der Waals surface area contributed by atoms with E-state index in [0.717, 1.165) is 0 Å². The van der Waals surface area contributed by atoms with Crippen molar-refractivity contribution in [3.63, 3.8) is 0 Å². The summed E-state index contributed by atoms with van der Waals surface area (Å²) in [5.41, 5.74) is 0.810. The van der Waals surface area contributed by atoms with Gasteiger partial charge in [0.2, 0.25) is 5.91 Å². The molecule has 3 rings (SSSR count). The van der Waals surface area contributed by atoms with E-state index in [9.17, 15) is 22.8 Å².